The van der Waals surface area contributed by atoms with Crippen LogP contribution in [0.5, 0.6) is 5.75 Å². The highest BCUT2D eigenvalue weighted by atomic mass is 32.2. The van der Waals surface area contributed by atoms with Gasteiger partial charge in [0.25, 0.3) is 5.91 Å². The third-order valence-corrected chi connectivity index (χ3v) is 3.57. The van der Waals surface area contributed by atoms with Gasteiger partial charge in [0.05, 0.1) is 0 Å². The van der Waals surface area contributed by atoms with E-state index in [0.29, 0.717) is 5.75 Å². The number of nitrogens with one attached hydrogen (secondary N) is 2. The lowest BCUT2D eigenvalue weighted by Crippen LogP contribution is -2.68. The molecule has 106 valence electrons. The molecule has 0 radical (unpaired) electrons. The maximum absolute atomic E-state index is 11.7. The van der Waals surface area contributed by atoms with Gasteiger partial charge in [-0.2, -0.15) is 0 Å². The predicted molar refractivity (Wildman–Crippen MR) is 74.1 cm³/mol. The number of benzene rings is 1. The number of amides is 2. The summed E-state index contributed by atoms with van der Waals surface area (Å²) in [5.41, 5.74) is 0. The van der Waals surface area contributed by atoms with Crippen molar-refractivity contribution in [2.45, 2.75) is 18.3 Å². The summed E-state index contributed by atoms with van der Waals surface area (Å²) in [5.74, 6) is -0.116. The van der Waals surface area contributed by atoms with Crippen molar-refractivity contribution >= 4 is 28.7 Å². The van der Waals surface area contributed by atoms with Gasteiger partial charge in [-0.15, -0.1) is 0 Å². The van der Waals surface area contributed by atoms with Crippen molar-refractivity contribution in [2.24, 2.45) is 0 Å². The van der Waals surface area contributed by atoms with Gasteiger partial charge in [-0.05, 0) is 12.1 Å². The average molecular weight is 294 g/mol. The molecule has 0 saturated carbocycles. The maximum atomic E-state index is 11.7. The number of para-hydroxylation sites is 1. The van der Waals surface area contributed by atoms with Crippen LogP contribution in [0.3, 0.4) is 0 Å². The smallest absolute Gasteiger partial charge is 0.258 e. The Morgan fingerprint density at radius 3 is 2.65 bits per heavy atom. The summed E-state index contributed by atoms with van der Waals surface area (Å²) in [6, 6.07) is 8.22. The van der Waals surface area contributed by atoms with E-state index in [9.17, 15) is 14.4 Å². The van der Waals surface area contributed by atoms with E-state index in [4.69, 9.17) is 4.74 Å². The lowest BCUT2D eigenvalue weighted by molar-refractivity contribution is -0.134. The summed E-state index contributed by atoms with van der Waals surface area (Å²) in [6.07, 6.45) is 0. The van der Waals surface area contributed by atoms with Gasteiger partial charge >= 0.3 is 0 Å². The molecule has 20 heavy (non-hydrogen) atoms. The number of hydrogen-bond donors (Lipinski definition) is 2. The molecule has 2 amide bonds. The Morgan fingerprint density at radius 1 is 1.35 bits per heavy atom. The minimum Gasteiger partial charge on any atom is -0.484 e. The molecule has 0 aromatic heterocycles. The summed E-state index contributed by atoms with van der Waals surface area (Å²) >= 11 is 0.983. The predicted octanol–water partition coefficient (Wildman–Crippen LogP) is 0.286. The number of hydrogen-bond acceptors (Lipinski definition) is 5. The normalized spacial score (nSPS) is 20.6. The fourth-order valence-corrected chi connectivity index (χ4v) is 2.51. The number of carbonyl (C=O) groups is 3. The van der Waals surface area contributed by atoms with Crippen molar-refractivity contribution in [2.75, 3.05) is 6.61 Å². The van der Waals surface area contributed by atoms with Crippen LogP contribution < -0.4 is 15.4 Å². The van der Waals surface area contributed by atoms with Crippen molar-refractivity contribution in [3.05, 3.63) is 30.3 Å². The molecule has 2 N–H and O–H groups in total. The topological polar surface area (TPSA) is 84.5 Å². The Morgan fingerprint density at radius 2 is 2.05 bits per heavy atom. The van der Waals surface area contributed by atoms with Crippen LogP contribution in [0.4, 0.5) is 0 Å². The molecule has 1 saturated heterocycles. The Bertz CT molecular complexity index is 520. The lowest BCUT2D eigenvalue weighted by Gasteiger charge is -2.35. The molecule has 0 aliphatic carbocycles. The second-order valence-electron chi connectivity index (χ2n) is 4.19. The van der Waals surface area contributed by atoms with Crippen LogP contribution in [-0.2, 0) is 14.4 Å². The monoisotopic (exact) mass is 294 g/mol. The second kappa shape index (κ2) is 6.42. The van der Waals surface area contributed by atoms with Gasteiger partial charge in [-0.25, -0.2) is 0 Å². The highest BCUT2D eigenvalue weighted by Gasteiger charge is 2.41. The van der Waals surface area contributed by atoms with Crippen LogP contribution in [0.2, 0.25) is 0 Å². The Hall–Kier alpha value is -2.02. The summed E-state index contributed by atoms with van der Waals surface area (Å²) in [6.45, 7) is 1.23. The number of ether oxygens (including phenoxy) is 1. The lowest BCUT2D eigenvalue weighted by atomic mass is 10.1. The molecule has 0 bridgehead atoms. The fraction of sp³-hybridized carbons (Fsp3) is 0.308. The molecule has 1 aliphatic heterocycles. The zero-order chi connectivity index (χ0) is 14.5. The summed E-state index contributed by atoms with van der Waals surface area (Å²) in [4.78, 5) is 34.0. The molecular formula is C13H14N2O4S. The second-order valence-corrected chi connectivity index (χ2v) is 5.50. The maximum Gasteiger partial charge on any atom is 0.258 e. The molecule has 7 heteroatoms. The fourth-order valence-electron chi connectivity index (χ4n) is 1.65. The van der Waals surface area contributed by atoms with Crippen molar-refractivity contribution in [3.8, 4) is 5.75 Å². The van der Waals surface area contributed by atoms with E-state index < -0.39 is 17.3 Å². The quantitative estimate of drug-likeness (QED) is 0.762. The molecule has 2 atom stereocenters. The third-order valence-electron chi connectivity index (χ3n) is 2.59. The van der Waals surface area contributed by atoms with Gasteiger partial charge in [0.15, 0.2) is 11.7 Å². The van der Waals surface area contributed by atoms with E-state index >= 15 is 0 Å². The minimum absolute atomic E-state index is 0.116. The van der Waals surface area contributed by atoms with Crippen LogP contribution in [0.1, 0.15) is 6.92 Å². The van der Waals surface area contributed by atoms with Gasteiger partial charge in [-0.3, -0.25) is 14.4 Å². The largest absolute Gasteiger partial charge is 0.484 e. The molecule has 0 spiro atoms. The van der Waals surface area contributed by atoms with E-state index in [1.807, 2.05) is 6.07 Å². The van der Waals surface area contributed by atoms with Crippen LogP contribution in [0.15, 0.2) is 30.3 Å². The average Bonchev–Trinajstić information content (AvgIpc) is 2.43. The molecule has 1 aromatic carbocycles. The van der Waals surface area contributed by atoms with Crippen molar-refractivity contribution < 1.29 is 19.1 Å². The van der Waals surface area contributed by atoms with Gasteiger partial charge in [0, 0.05) is 6.92 Å². The first kappa shape index (κ1) is 14.4. The van der Waals surface area contributed by atoms with Crippen LogP contribution >= 0.6 is 11.8 Å². The van der Waals surface area contributed by atoms with Gasteiger partial charge < -0.3 is 15.4 Å². The first-order valence-electron chi connectivity index (χ1n) is 6.01. The van der Waals surface area contributed by atoms with E-state index in [-0.39, 0.29) is 17.6 Å². The van der Waals surface area contributed by atoms with E-state index in [1.165, 1.54) is 6.92 Å². The van der Waals surface area contributed by atoms with Crippen LogP contribution in [-0.4, -0.2) is 35.0 Å². The SMILES string of the molecule is CC(=O)S[C@H]1NC(=O)[C@H]1NC(=O)COc1ccccc1. The van der Waals surface area contributed by atoms with Gasteiger partial charge in [0.1, 0.15) is 17.2 Å². The Labute approximate surface area is 120 Å². The minimum atomic E-state index is -0.684. The van der Waals surface area contributed by atoms with Crippen molar-refractivity contribution in [1.29, 1.82) is 0 Å². The zero-order valence-electron chi connectivity index (χ0n) is 10.8. The summed E-state index contributed by atoms with van der Waals surface area (Å²) in [7, 11) is 0. The summed E-state index contributed by atoms with van der Waals surface area (Å²) in [5, 5.41) is 4.58. The van der Waals surface area contributed by atoms with Gasteiger partial charge in [-0.1, -0.05) is 30.0 Å². The molecule has 1 fully saturated rings. The van der Waals surface area contributed by atoms with Crippen LogP contribution in [0, 0.1) is 0 Å². The third kappa shape index (κ3) is 3.74. The molecular weight excluding hydrogens is 280 g/mol. The Balaban J connectivity index is 1.79. The number of rotatable bonds is 5. The zero-order valence-corrected chi connectivity index (χ0v) is 11.6. The summed E-state index contributed by atoms with van der Waals surface area (Å²) < 4.78 is 5.27. The highest BCUT2D eigenvalue weighted by molar-refractivity contribution is 8.14. The molecule has 1 heterocycles. The van der Waals surface area contributed by atoms with Crippen molar-refractivity contribution in [3.63, 3.8) is 0 Å². The number of β-lactam (4-membered cyclic amide) rings is 1. The van der Waals surface area contributed by atoms with E-state index in [0.717, 1.165) is 11.8 Å². The van der Waals surface area contributed by atoms with E-state index in [2.05, 4.69) is 10.6 Å². The van der Waals surface area contributed by atoms with Crippen molar-refractivity contribution in [1.82, 2.24) is 10.6 Å². The first-order chi connectivity index (χ1) is 9.56. The molecule has 0 unspecified atom stereocenters. The molecule has 6 nitrogen and oxygen atoms in total. The highest BCUT2D eigenvalue weighted by Crippen LogP contribution is 2.20. The van der Waals surface area contributed by atoms with Crippen LogP contribution in [0.25, 0.3) is 0 Å². The number of thioether (sulfide) groups is 1. The first-order valence-corrected chi connectivity index (χ1v) is 6.89. The molecule has 2 rings (SSSR count). The molecule has 1 aliphatic rings. The number of carbonyl (C=O) groups excluding carboxylic acids is 3. The van der Waals surface area contributed by atoms with E-state index in [1.54, 1.807) is 24.3 Å². The Kier molecular flexibility index (Phi) is 4.62. The standard InChI is InChI=1S/C13H14N2O4S/c1-8(16)20-13-11(12(18)15-13)14-10(17)7-19-9-5-3-2-4-6-9/h2-6,11,13H,7H2,1H3,(H,14,17)(H,15,18)/t11-,13-/m1/s1. The van der Waals surface area contributed by atoms with Gasteiger partial charge in [0.2, 0.25) is 5.91 Å². The molecule has 1 aromatic rings.